The molecule has 0 spiro atoms. The summed E-state index contributed by atoms with van der Waals surface area (Å²) in [6, 6.07) is 4.66. The van der Waals surface area contributed by atoms with Crippen molar-refractivity contribution >= 4 is 37.6 Å². The van der Waals surface area contributed by atoms with Crippen LogP contribution in [-0.4, -0.2) is 39.7 Å². The first-order valence-corrected chi connectivity index (χ1v) is 7.95. The molecule has 0 unspecified atom stereocenters. The van der Waals surface area contributed by atoms with Gasteiger partial charge in [0.25, 0.3) is 10.0 Å². The minimum atomic E-state index is -3.64. The van der Waals surface area contributed by atoms with Gasteiger partial charge >= 0.3 is 0 Å². The lowest BCUT2D eigenvalue weighted by atomic mass is 10.4. The van der Waals surface area contributed by atoms with Crippen molar-refractivity contribution in [1.29, 1.82) is 0 Å². The maximum atomic E-state index is 12.1. The second kappa shape index (κ2) is 5.85. The molecule has 1 aliphatic rings. The molecule has 1 aromatic carbocycles. The van der Waals surface area contributed by atoms with Crippen LogP contribution in [-0.2, 0) is 14.8 Å². The van der Waals surface area contributed by atoms with Crippen molar-refractivity contribution in [2.24, 2.45) is 0 Å². The van der Waals surface area contributed by atoms with Gasteiger partial charge in [0.15, 0.2) is 0 Å². The Balaban J connectivity index is 2.19. The summed E-state index contributed by atoms with van der Waals surface area (Å²) in [4.78, 5) is 2.57. The highest BCUT2D eigenvalue weighted by Crippen LogP contribution is 2.25. The number of hydrogen-bond donors (Lipinski definition) is 1. The van der Waals surface area contributed by atoms with E-state index in [-0.39, 0.29) is 9.92 Å². The summed E-state index contributed by atoms with van der Waals surface area (Å²) in [7, 11) is -3.64. The van der Waals surface area contributed by atoms with Gasteiger partial charge in [0.2, 0.25) is 0 Å². The molecule has 1 aromatic rings. The number of morpholine rings is 1. The molecule has 0 saturated carbocycles. The highest BCUT2D eigenvalue weighted by molar-refractivity contribution is 9.10. The third-order valence-corrected chi connectivity index (χ3v) is 4.80. The molecule has 100 valence electrons. The van der Waals surface area contributed by atoms with Gasteiger partial charge in [-0.25, -0.2) is 13.4 Å². The maximum absolute atomic E-state index is 12.1. The lowest BCUT2D eigenvalue weighted by Gasteiger charge is -2.26. The Labute approximate surface area is 119 Å². The van der Waals surface area contributed by atoms with Crippen LogP contribution < -0.4 is 4.83 Å². The summed E-state index contributed by atoms with van der Waals surface area (Å²) in [6.07, 6.45) is 0. The molecule has 0 amide bonds. The zero-order valence-electron chi connectivity index (χ0n) is 9.40. The van der Waals surface area contributed by atoms with Crippen LogP contribution in [0.3, 0.4) is 0 Å². The molecular weight excluding hydrogens is 344 g/mol. The van der Waals surface area contributed by atoms with Crippen LogP contribution in [0.15, 0.2) is 27.6 Å². The van der Waals surface area contributed by atoms with Gasteiger partial charge in [0, 0.05) is 17.6 Å². The van der Waals surface area contributed by atoms with Crippen molar-refractivity contribution in [2.75, 3.05) is 26.3 Å². The fraction of sp³-hybridized carbons (Fsp3) is 0.400. The number of benzene rings is 1. The Morgan fingerprint density at radius 3 is 2.61 bits per heavy atom. The van der Waals surface area contributed by atoms with Crippen LogP contribution in [0.1, 0.15) is 0 Å². The number of hydrogen-bond acceptors (Lipinski definition) is 4. The van der Waals surface area contributed by atoms with Gasteiger partial charge in [0.1, 0.15) is 4.90 Å². The molecule has 1 heterocycles. The number of nitrogens with one attached hydrogen (secondary N) is 1. The number of halogens is 2. The number of sulfonamides is 1. The first-order chi connectivity index (χ1) is 8.49. The molecule has 1 saturated heterocycles. The van der Waals surface area contributed by atoms with Gasteiger partial charge in [-0.05, 0) is 18.2 Å². The molecule has 0 radical (unpaired) electrons. The van der Waals surface area contributed by atoms with Crippen molar-refractivity contribution in [2.45, 2.75) is 4.90 Å². The minimum Gasteiger partial charge on any atom is -0.379 e. The molecule has 1 fully saturated rings. The van der Waals surface area contributed by atoms with E-state index in [1.165, 1.54) is 6.07 Å². The van der Waals surface area contributed by atoms with Crippen LogP contribution in [0.2, 0.25) is 5.02 Å². The van der Waals surface area contributed by atoms with Gasteiger partial charge in [-0.3, -0.25) is 0 Å². The monoisotopic (exact) mass is 354 g/mol. The normalized spacial score (nSPS) is 17.9. The van der Waals surface area contributed by atoms with E-state index < -0.39 is 10.0 Å². The number of hydrazine groups is 1. The summed E-state index contributed by atoms with van der Waals surface area (Å²) in [6.45, 7) is 2.06. The molecule has 2 rings (SSSR count). The summed E-state index contributed by atoms with van der Waals surface area (Å²) in [5.41, 5.74) is 0. The second-order valence-electron chi connectivity index (χ2n) is 3.77. The van der Waals surface area contributed by atoms with Gasteiger partial charge in [0.05, 0.1) is 18.2 Å². The molecule has 1 aliphatic heterocycles. The molecule has 1 N–H and O–H groups in total. The summed E-state index contributed by atoms with van der Waals surface area (Å²) in [5, 5.41) is 1.79. The van der Waals surface area contributed by atoms with Crippen LogP contribution in [0.4, 0.5) is 0 Å². The van der Waals surface area contributed by atoms with Crippen LogP contribution in [0.25, 0.3) is 0 Å². The molecule has 0 bridgehead atoms. The molecule has 0 aliphatic carbocycles. The average molecular weight is 356 g/mol. The molecular formula is C10H12BrClN2O3S. The fourth-order valence-corrected chi connectivity index (χ4v) is 3.73. The number of ether oxygens (including phenoxy) is 1. The van der Waals surface area contributed by atoms with Crippen LogP contribution in [0.5, 0.6) is 0 Å². The van der Waals surface area contributed by atoms with Crippen LogP contribution in [0, 0.1) is 0 Å². The van der Waals surface area contributed by atoms with Gasteiger partial charge in [-0.1, -0.05) is 27.5 Å². The third kappa shape index (κ3) is 3.43. The first-order valence-electron chi connectivity index (χ1n) is 5.29. The average Bonchev–Trinajstić information content (AvgIpc) is 2.29. The minimum absolute atomic E-state index is 0.0684. The second-order valence-corrected chi connectivity index (χ2v) is 6.72. The third-order valence-electron chi connectivity index (χ3n) is 2.44. The van der Waals surface area contributed by atoms with E-state index in [1.54, 1.807) is 17.1 Å². The lowest BCUT2D eigenvalue weighted by Crippen LogP contribution is -2.48. The Morgan fingerprint density at radius 1 is 1.33 bits per heavy atom. The van der Waals surface area contributed by atoms with Crippen molar-refractivity contribution in [3.8, 4) is 0 Å². The van der Waals surface area contributed by atoms with Gasteiger partial charge < -0.3 is 4.74 Å². The highest BCUT2D eigenvalue weighted by Gasteiger charge is 2.22. The fourth-order valence-electron chi connectivity index (χ4n) is 1.57. The molecule has 0 aromatic heterocycles. The number of nitrogens with zero attached hydrogens (tertiary/aromatic N) is 1. The predicted molar refractivity (Wildman–Crippen MR) is 71.9 cm³/mol. The van der Waals surface area contributed by atoms with E-state index in [2.05, 4.69) is 20.8 Å². The van der Waals surface area contributed by atoms with Crippen molar-refractivity contribution in [3.63, 3.8) is 0 Å². The standard InChI is InChI=1S/C10H12BrClN2O3S/c11-8-1-2-10(9(12)7-8)18(15,16)13-14-3-5-17-6-4-14/h1-2,7,13H,3-6H2. The Kier molecular flexibility index (Phi) is 4.63. The Hall–Kier alpha value is -0.180. The SMILES string of the molecule is O=S(=O)(NN1CCOCC1)c1ccc(Br)cc1Cl. The molecule has 8 heteroatoms. The van der Waals surface area contributed by atoms with Crippen LogP contribution >= 0.6 is 27.5 Å². The van der Waals surface area contributed by atoms with E-state index in [1.807, 2.05) is 0 Å². The maximum Gasteiger partial charge on any atom is 0.254 e. The van der Waals surface area contributed by atoms with Crippen molar-refractivity contribution in [3.05, 3.63) is 27.7 Å². The molecule has 18 heavy (non-hydrogen) atoms. The molecule has 0 atom stereocenters. The summed E-state index contributed by atoms with van der Waals surface area (Å²) in [5.74, 6) is 0. The van der Waals surface area contributed by atoms with E-state index in [4.69, 9.17) is 16.3 Å². The van der Waals surface area contributed by atoms with E-state index >= 15 is 0 Å². The molecule has 5 nitrogen and oxygen atoms in total. The van der Waals surface area contributed by atoms with E-state index in [0.29, 0.717) is 26.3 Å². The summed E-state index contributed by atoms with van der Waals surface area (Å²) >= 11 is 9.17. The Morgan fingerprint density at radius 2 is 2.00 bits per heavy atom. The van der Waals surface area contributed by atoms with Crippen molar-refractivity contribution in [1.82, 2.24) is 9.84 Å². The van der Waals surface area contributed by atoms with Gasteiger partial charge in [-0.15, -0.1) is 4.83 Å². The van der Waals surface area contributed by atoms with E-state index in [0.717, 1.165) is 4.47 Å². The lowest BCUT2D eigenvalue weighted by molar-refractivity contribution is 0.0272. The van der Waals surface area contributed by atoms with E-state index in [9.17, 15) is 8.42 Å². The zero-order chi connectivity index (χ0) is 13.2. The highest BCUT2D eigenvalue weighted by atomic mass is 79.9. The van der Waals surface area contributed by atoms with Crippen molar-refractivity contribution < 1.29 is 13.2 Å². The quantitative estimate of drug-likeness (QED) is 0.895. The Bertz CT molecular complexity index is 532. The smallest absolute Gasteiger partial charge is 0.254 e. The first kappa shape index (κ1) is 14.2. The zero-order valence-corrected chi connectivity index (χ0v) is 12.6. The van der Waals surface area contributed by atoms with Gasteiger partial charge in [-0.2, -0.15) is 0 Å². The summed E-state index contributed by atoms with van der Waals surface area (Å²) < 4.78 is 30.2. The largest absolute Gasteiger partial charge is 0.379 e. The topological polar surface area (TPSA) is 58.6 Å². The number of rotatable bonds is 3. The predicted octanol–water partition coefficient (Wildman–Crippen LogP) is 1.63.